The van der Waals surface area contributed by atoms with Gasteiger partial charge in [0.25, 0.3) is 0 Å². The number of nitrogens with one attached hydrogen (secondary N) is 1. The van der Waals surface area contributed by atoms with E-state index in [0.717, 1.165) is 17.9 Å². The Balaban J connectivity index is 2.87. The molecule has 1 aromatic carbocycles. The highest BCUT2D eigenvalue weighted by Gasteiger charge is 2.32. The van der Waals surface area contributed by atoms with E-state index >= 15 is 0 Å². The maximum atomic E-state index is 11.8. The van der Waals surface area contributed by atoms with Crippen LogP contribution >= 0.6 is 0 Å². The molecular weight excluding hydrogens is 242 g/mol. The van der Waals surface area contributed by atoms with Crippen LogP contribution in [0.3, 0.4) is 0 Å². The summed E-state index contributed by atoms with van der Waals surface area (Å²) < 4.78 is 5.11. The number of ether oxygens (including phenoxy) is 1. The molecule has 0 aliphatic carbocycles. The third-order valence-electron chi connectivity index (χ3n) is 3.20. The van der Waals surface area contributed by atoms with Crippen molar-refractivity contribution in [3.8, 4) is 5.75 Å². The second-order valence-corrected chi connectivity index (χ2v) is 4.95. The molecule has 0 radical (unpaired) electrons. The van der Waals surface area contributed by atoms with Gasteiger partial charge in [-0.2, -0.15) is 0 Å². The van der Waals surface area contributed by atoms with Crippen molar-refractivity contribution in [2.24, 2.45) is 5.73 Å². The van der Waals surface area contributed by atoms with Gasteiger partial charge in [0.2, 0.25) is 5.91 Å². The number of nitrogens with two attached hydrogens (primary N) is 1. The summed E-state index contributed by atoms with van der Waals surface area (Å²) in [6, 6.07) is 7.35. The summed E-state index contributed by atoms with van der Waals surface area (Å²) in [7, 11) is 5.57. The Bertz CT molecular complexity index is 417. The number of hydrogen-bond donors (Lipinski definition) is 2. The fourth-order valence-corrected chi connectivity index (χ4v) is 1.79. The third kappa shape index (κ3) is 3.94. The lowest BCUT2D eigenvalue weighted by atomic mass is 9.91. The maximum absolute atomic E-state index is 11.8. The number of carbonyl (C=O) groups excluding carboxylic acids is 1. The molecule has 0 saturated carbocycles. The van der Waals surface area contributed by atoms with Gasteiger partial charge < -0.3 is 15.4 Å². The van der Waals surface area contributed by atoms with Crippen LogP contribution in [-0.4, -0.2) is 45.1 Å². The van der Waals surface area contributed by atoms with Crippen LogP contribution in [0.15, 0.2) is 24.3 Å². The lowest BCUT2D eigenvalue weighted by Gasteiger charge is -2.29. The molecule has 5 nitrogen and oxygen atoms in total. The average Bonchev–Trinajstić information content (AvgIpc) is 2.38. The molecular formula is C14H23N3O2. The van der Waals surface area contributed by atoms with Gasteiger partial charge in [-0.1, -0.05) is 12.1 Å². The smallest absolute Gasteiger partial charge is 0.242 e. The maximum Gasteiger partial charge on any atom is 0.242 e. The topological polar surface area (TPSA) is 67.6 Å². The van der Waals surface area contributed by atoms with Gasteiger partial charge in [-0.25, -0.2) is 0 Å². The highest BCUT2D eigenvalue weighted by atomic mass is 16.5. The van der Waals surface area contributed by atoms with Gasteiger partial charge in [-0.15, -0.1) is 0 Å². The zero-order chi connectivity index (χ0) is 14.5. The SMILES string of the molecule is COc1ccc(C(C)(NCCN(C)C)C(N)=O)cc1. The number of benzene rings is 1. The Hall–Kier alpha value is -1.59. The van der Waals surface area contributed by atoms with E-state index in [2.05, 4.69) is 5.32 Å². The van der Waals surface area contributed by atoms with E-state index in [0.29, 0.717) is 6.54 Å². The lowest BCUT2D eigenvalue weighted by molar-refractivity contribution is -0.124. The first-order valence-electron chi connectivity index (χ1n) is 6.24. The van der Waals surface area contributed by atoms with Crippen LogP contribution in [0, 0.1) is 0 Å². The molecule has 5 heteroatoms. The molecule has 1 amide bonds. The number of primary amides is 1. The number of hydrogen-bond acceptors (Lipinski definition) is 4. The van der Waals surface area contributed by atoms with Gasteiger partial charge in [0, 0.05) is 13.1 Å². The first kappa shape index (κ1) is 15.5. The fraction of sp³-hybridized carbons (Fsp3) is 0.500. The highest BCUT2D eigenvalue weighted by molar-refractivity contribution is 5.85. The van der Waals surface area contributed by atoms with Crippen molar-refractivity contribution < 1.29 is 9.53 Å². The molecule has 0 aromatic heterocycles. The molecule has 1 rings (SSSR count). The third-order valence-corrected chi connectivity index (χ3v) is 3.20. The number of rotatable bonds is 7. The number of carbonyl (C=O) groups is 1. The summed E-state index contributed by atoms with van der Waals surface area (Å²) in [6.07, 6.45) is 0. The van der Waals surface area contributed by atoms with Crippen LogP contribution in [0.1, 0.15) is 12.5 Å². The van der Waals surface area contributed by atoms with Crippen molar-refractivity contribution in [2.45, 2.75) is 12.5 Å². The normalized spacial score (nSPS) is 14.2. The molecule has 0 fully saturated rings. The highest BCUT2D eigenvalue weighted by Crippen LogP contribution is 2.22. The quantitative estimate of drug-likeness (QED) is 0.755. The number of likely N-dealkylation sites (N-methyl/N-ethyl adjacent to an activating group) is 1. The minimum atomic E-state index is -0.873. The molecule has 1 aromatic rings. The number of nitrogens with zero attached hydrogens (tertiary/aromatic N) is 1. The molecule has 0 saturated heterocycles. The Morgan fingerprint density at radius 1 is 1.37 bits per heavy atom. The lowest BCUT2D eigenvalue weighted by Crippen LogP contribution is -2.51. The molecule has 106 valence electrons. The Morgan fingerprint density at radius 2 is 1.95 bits per heavy atom. The summed E-state index contributed by atoms with van der Waals surface area (Å²) in [4.78, 5) is 13.8. The summed E-state index contributed by atoms with van der Waals surface area (Å²) in [5.74, 6) is 0.361. The van der Waals surface area contributed by atoms with E-state index in [4.69, 9.17) is 10.5 Å². The second-order valence-electron chi connectivity index (χ2n) is 4.95. The van der Waals surface area contributed by atoms with Crippen LogP contribution in [0.5, 0.6) is 5.75 Å². The van der Waals surface area contributed by atoms with E-state index in [1.54, 1.807) is 14.0 Å². The van der Waals surface area contributed by atoms with Gasteiger partial charge in [-0.05, 0) is 38.7 Å². The van der Waals surface area contributed by atoms with Crippen molar-refractivity contribution in [3.63, 3.8) is 0 Å². The van der Waals surface area contributed by atoms with Gasteiger partial charge in [0.15, 0.2) is 0 Å². The minimum Gasteiger partial charge on any atom is -0.497 e. The molecule has 0 aliphatic rings. The molecule has 1 atom stereocenters. The van der Waals surface area contributed by atoms with Gasteiger partial charge in [0.05, 0.1) is 7.11 Å². The fourth-order valence-electron chi connectivity index (χ4n) is 1.79. The predicted octanol–water partition coefficient (Wildman–Crippen LogP) is 0.547. The van der Waals surface area contributed by atoms with Crippen LogP contribution in [-0.2, 0) is 10.3 Å². The average molecular weight is 265 g/mol. The molecule has 0 heterocycles. The molecule has 0 spiro atoms. The van der Waals surface area contributed by atoms with Crippen molar-refractivity contribution in [1.29, 1.82) is 0 Å². The van der Waals surface area contributed by atoms with Crippen molar-refractivity contribution in [3.05, 3.63) is 29.8 Å². The minimum absolute atomic E-state index is 0.392. The zero-order valence-corrected chi connectivity index (χ0v) is 12.1. The molecule has 3 N–H and O–H groups in total. The van der Waals surface area contributed by atoms with E-state index in [1.807, 2.05) is 43.3 Å². The van der Waals surface area contributed by atoms with Crippen LogP contribution in [0.2, 0.25) is 0 Å². The summed E-state index contributed by atoms with van der Waals surface area (Å²) in [5.41, 5.74) is 5.50. The number of amides is 1. The second kappa shape index (κ2) is 6.54. The van der Waals surface area contributed by atoms with Gasteiger partial charge >= 0.3 is 0 Å². The van der Waals surface area contributed by atoms with Crippen LogP contribution in [0.4, 0.5) is 0 Å². The van der Waals surface area contributed by atoms with Crippen LogP contribution in [0.25, 0.3) is 0 Å². The molecule has 0 aliphatic heterocycles. The van der Waals surface area contributed by atoms with Crippen molar-refractivity contribution >= 4 is 5.91 Å². The van der Waals surface area contributed by atoms with E-state index in [1.165, 1.54) is 0 Å². The van der Waals surface area contributed by atoms with Crippen molar-refractivity contribution in [2.75, 3.05) is 34.3 Å². The Kier molecular flexibility index (Phi) is 5.32. The standard InChI is InChI=1S/C14H23N3O2/c1-14(13(15)18,16-9-10-17(2)3)11-5-7-12(19-4)8-6-11/h5-8,16H,9-10H2,1-4H3,(H2,15,18). The summed E-state index contributed by atoms with van der Waals surface area (Å²) >= 11 is 0. The van der Waals surface area contributed by atoms with E-state index in [9.17, 15) is 4.79 Å². The molecule has 1 unspecified atom stereocenters. The first-order valence-corrected chi connectivity index (χ1v) is 6.24. The zero-order valence-electron chi connectivity index (χ0n) is 12.1. The molecule has 0 bridgehead atoms. The monoisotopic (exact) mass is 265 g/mol. The first-order chi connectivity index (χ1) is 8.90. The van der Waals surface area contributed by atoms with E-state index < -0.39 is 11.4 Å². The number of methoxy groups -OCH3 is 1. The Morgan fingerprint density at radius 3 is 2.37 bits per heavy atom. The molecule has 19 heavy (non-hydrogen) atoms. The Labute approximate surface area is 114 Å². The van der Waals surface area contributed by atoms with Crippen molar-refractivity contribution in [1.82, 2.24) is 10.2 Å². The van der Waals surface area contributed by atoms with Gasteiger partial charge in [-0.3, -0.25) is 10.1 Å². The van der Waals surface area contributed by atoms with Gasteiger partial charge in [0.1, 0.15) is 11.3 Å². The summed E-state index contributed by atoms with van der Waals surface area (Å²) in [5, 5.41) is 3.22. The summed E-state index contributed by atoms with van der Waals surface area (Å²) in [6.45, 7) is 3.31. The largest absolute Gasteiger partial charge is 0.497 e. The predicted molar refractivity (Wildman–Crippen MR) is 76.1 cm³/mol. The van der Waals surface area contributed by atoms with E-state index in [-0.39, 0.29) is 0 Å². The van der Waals surface area contributed by atoms with Crippen LogP contribution < -0.4 is 15.8 Å².